The fourth-order valence-electron chi connectivity index (χ4n) is 3.77. The lowest BCUT2D eigenvalue weighted by Crippen LogP contribution is -2.40. The normalized spacial score (nSPS) is 17.9. The Morgan fingerprint density at radius 1 is 1.07 bits per heavy atom. The van der Waals surface area contributed by atoms with Crippen LogP contribution < -0.4 is 5.69 Å². The molecule has 1 atom stereocenters. The van der Waals surface area contributed by atoms with Crippen molar-refractivity contribution >= 4 is 10.0 Å². The molecule has 0 aliphatic carbocycles. The van der Waals surface area contributed by atoms with Crippen LogP contribution in [0.2, 0.25) is 0 Å². The van der Waals surface area contributed by atoms with E-state index in [0.717, 1.165) is 12.1 Å². The quantitative estimate of drug-likeness (QED) is 0.632. The van der Waals surface area contributed by atoms with E-state index < -0.39 is 26.6 Å². The smallest absolute Gasteiger partial charge is 0.247 e. The standard InChI is InChI=1S/C20H20F2N4O3S/c1-24-20(27)26(17-7-3-2-4-8-17)19(23-24)14-6-5-9-25(13-14)30(28,29)18-11-15(21)10-16(22)12-18/h2-4,7-8,10-12,14H,5-6,9,13H2,1H3. The zero-order valence-corrected chi connectivity index (χ0v) is 17.0. The highest BCUT2D eigenvalue weighted by Crippen LogP contribution is 2.30. The average molecular weight is 434 g/mol. The maximum absolute atomic E-state index is 13.6. The highest BCUT2D eigenvalue weighted by Gasteiger charge is 2.34. The topological polar surface area (TPSA) is 77.2 Å². The number of benzene rings is 2. The lowest BCUT2D eigenvalue weighted by Gasteiger charge is -2.31. The van der Waals surface area contributed by atoms with Crippen LogP contribution in [0.1, 0.15) is 24.6 Å². The van der Waals surface area contributed by atoms with E-state index in [0.29, 0.717) is 30.4 Å². The van der Waals surface area contributed by atoms with Gasteiger partial charge in [-0.25, -0.2) is 31.2 Å². The second-order valence-electron chi connectivity index (χ2n) is 7.24. The van der Waals surface area contributed by atoms with Gasteiger partial charge in [0, 0.05) is 32.1 Å². The number of sulfonamides is 1. The number of aryl methyl sites for hydroxylation is 1. The van der Waals surface area contributed by atoms with Crippen LogP contribution in [0.5, 0.6) is 0 Å². The molecular formula is C20H20F2N4O3S. The van der Waals surface area contributed by atoms with Crippen LogP contribution in [0.25, 0.3) is 5.69 Å². The molecule has 0 spiro atoms. The molecule has 0 amide bonds. The summed E-state index contributed by atoms with van der Waals surface area (Å²) in [7, 11) is -2.56. The highest BCUT2D eigenvalue weighted by atomic mass is 32.2. The Morgan fingerprint density at radius 3 is 2.40 bits per heavy atom. The van der Waals surface area contributed by atoms with E-state index >= 15 is 0 Å². The third kappa shape index (κ3) is 3.68. The predicted molar refractivity (Wildman–Crippen MR) is 106 cm³/mol. The molecule has 4 rings (SSSR count). The van der Waals surface area contributed by atoms with Crippen molar-refractivity contribution in [2.45, 2.75) is 23.7 Å². The van der Waals surface area contributed by atoms with Gasteiger partial charge in [0.1, 0.15) is 17.5 Å². The zero-order valence-electron chi connectivity index (χ0n) is 16.2. The van der Waals surface area contributed by atoms with Crippen molar-refractivity contribution in [1.29, 1.82) is 0 Å². The lowest BCUT2D eigenvalue weighted by molar-refractivity contribution is 0.306. The van der Waals surface area contributed by atoms with Gasteiger partial charge in [-0.3, -0.25) is 0 Å². The first-order chi connectivity index (χ1) is 14.3. The monoisotopic (exact) mass is 434 g/mol. The van der Waals surface area contributed by atoms with Crippen molar-refractivity contribution in [1.82, 2.24) is 18.7 Å². The Hall–Kier alpha value is -2.85. The molecule has 1 unspecified atom stereocenters. The molecule has 3 aromatic rings. The number of hydrogen-bond acceptors (Lipinski definition) is 4. The van der Waals surface area contributed by atoms with Gasteiger partial charge in [0.15, 0.2) is 0 Å². The van der Waals surface area contributed by atoms with Gasteiger partial charge in [-0.1, -0.05) is 18.2 Å². The van der Waals surface area contributed by atoms with Gasteiger partial charge < -0.3 is 0 Å². The minimum Gasteiger partial charge on any atom is -0.247 e. The van der Waals surface area contributed by atoms with E-state index in [9.17, 15) is 22.0 Å². The first-order valence-electron chi connectivity index (χ1n) is 9.45. The molecule has 1 aromatic heterocycles. The van der Waals surface area contributed by atoms with Crippen LogP contribution in [0, 0.1) is 11.6 Å². The first-order valence-corrected chi connectivity index (χ1v) is 10.9. The van der Waals surface area contributed by atoms with Crippen molar-refractivity contribution in [3.63, 3.8) is 0 Å². The minimum atomic E-state index is -4.10. The number of rotatable bonds is 4. The molecule has 0 radical (unpaired) electrons. The maximum Gasteiger partial charge on any atom is 0.350 e. The molecule has 0 bridgehead atoms. The molecule has 0 saturated carbocycles. The van der Waals surface area contributed by atoms with Gasteiger partial charge in [-0.2, -0.15) is 9.40 Å². The number of piperidine rings is 1. The fraction of sp³-hybridized carbons (Fsp3) is 0.300. The molecule has 1 fully saturated rings. The predicted octanol–water partition coefficient (Wildman–Crippen LogP) is 2.42. The second kappa shape index (κ2) is 7.77. The molecule has 2 aromatic carbocycles. The summed E-state index contributed by atoms with van der Waals surface area (Å²) in [6.07, 6.45) is 1.16. The third-order valence-corrected chi connectivity index (χ3v) is 7.03. The summed E-state index contributed by atoms with van der Waals surface area (Å²) in [5.74, 6) is -1.80. The summed E-state index contributed by atoms with van der Waals surface area (Å²) >= 11 is 0. The Kier molecular flexibility index (Phi) is 5.29. The maximum atomic E-state index is 13.6. The number of hydrogen-bond donors (Lipinski definition) is 0. The summed E-state index contributed by atoms with van der Waals surface area (Å²) in [6, 6.07) is 11.2. The van der Waals surface area contributed by atoms with Crippen LogP contribution in [-0.4, -0.2) is 40.2 Å². The van der Waals surface area contributed by atoms with Crippen molar-refractivity contribution in [3.05, 3.63) is 76.5 Å². The molecule has 1 aliphatic rings. The van der Waals surface area contributed by atoms with Crippen LogP contribution in [0.15, 0.2) is 58.2 Å². The van der Waals surface area contributed by atoms with Crippen LogP contribution >= 0.6 is 0 Å². The minimum absolute atomic E-state index is 0.0593. The molecular weight excluding hydrogens is 414 g/mol. The Morgan fingerprint density at radius 2 is 1.73 bits per heavy atom. The number of nitrogens with zero attached hydrogens (tertiary/aromatic N) is 4. The Bertz CT molecular complexity index is 1220. The molecule has 2 heterocycles. The lowest BCUT2D eigenvalue weighted by atomic mass is 9.98. The van der Waals surface area contributed by atoms with Crippen molar-refractivity contribution in [2.75, 3.05) is 13.1 Å². The number of halogens is 2. The molecule has 1 saturated heterocycles. The van der Waals surface area contributed by atoms with Crippen molar-refractivity contribution in [2.24, 2.45) is 7.05 Å². The summed E-state index contributed by atoms with van der Waals surface area (Å²) < 4.78 is 57.0. The van der Waals surface area contributed by atoms with E-state index in [1.165, 1.54) is 20.6 Å². The number of para-hydroxylation sites is 1. The van der Waals surface area contributed by atoms with E-state index in [1.54, 1.807) is 24.3 Å². The van der Waals surface area contributed by atoms with Crippen molar-refractivity contribution < 1.29 is 17.2 Å². The number of aromatic nitrogens is 3. The molecule has 10 heteroatoms. The van der Waals surface area contributed by atoms with Crippen molar-refractivity contribution in [3.8, 4) is 5.69 Å². The largest absolute Gasteiger partial charge is 0.350 e. The van der Waals surface area contributed by atoms with Gasteiger partial charge >= 0.3 is 5.69 Å². The van der Waals surface area contributed by atoms with E-state index in [1.807, 2.05) is 6.07 Å². The second-order valence-corrected chi connectivity index (χ2v) is 9.18. The Labute approximate surface area is 172 Å². The first kappa shape index (κ1) is 20.4. The molecule has 7 nitrogen and oxygen atoms in total. The van der Waals surface area contributed by atoms with Gasteiger partial charge in [0.25, 0.3) is 0 Å². The molecule has 30 heavy (non-hydrogen) atoms. The van der Waals surface area contributed by atoms with Gasteiger partial charge in [0.2, 0.25) is 10.0 Å². The van der Waals surface area contributed by atoms with E-state index in [2.05, 4.69) is 5.10 Å². The summed E-state index contributed by atoms with van der Waals surface area (Å²) in [5, 5.41) is 4.35. The van der Waals surface area contributed by atoms with Crippen LogP contribution in [0.4, 0.5) is 8.78 Å². The van der Waals surface area contributed by atoms with Gasteiger partial charge in [-0.05, 0) is 37.1 Å². The van der Waals surface area contributed by atoms with E-state index in [4.69, 9.17) is 0 Å². The molecule has 1 aliphatic heterocycles. The average Bonchev–Trinajstić information content (AvgIpc) is 3.02. The summed E-state index contributed by atoms with van der Waals surface area (Å²) in [6.45, 7) is 0.281. The Balaban J connectivity index is 1.70. The van der Waals surface area contributed by atoms with Gasteiger partial charge in [0.05, 0.1) is 10.6 Å². The SMILES string of the molecule is Cn1nc(C2CCCN(S(=O)(=O)c3cc(F)cc(F)c3)C2)n(-c2ccccc2)c1=O. The fourth-order valence-corrected chi connectivity index (χ4v) is 5.33. The molecule has 0 N–H and O–H groups in total. The molecule has 158 valence electrons. The zero-order chi connectivity index (χ0) is 21.5. The van der Waals surface area contributed by atoms with Gasteiger partial charge in [-0.15, -0.1) is 0 Å². The van der Waals surface area contributed by atoms with Crippen LogP contribution in [-0.2, 0) is 17.1 Å². The van der Waals surface area contributed by atoms with Crippen LogP contribution in [0.3, 0.4) is 0 Å². The van der Waals surface area contributed by atoms with E-state index in [-0.39, 0.29) is 24.7 Å². The highest BCUT2D eigenvalue weighted by molar-refractivity contribution is 7.89. The summed E-state index contributed by atoms with van der Waals surface area (Å²) in [5.41, 5.74) is 0.307. The summed E-state index contributed by atoms with van der Waals surface area (Å²) in [4.78, 5) is 12.2. The third-order valence-electron chi connectivity index (χ3n) is 5.19.